The van der Waals surface area contributed by atoms with Crippen LogP contribution in [0.5, 0.6) is 5.75 Å². The summed E-state index contributed by atoms with van der Waals surface area (Å²) in [7, 11) is 1.39. The summed E-state index contributed by atoms with van der Waals surface area (Å²) in [4.78, 5) is 22.9. The average Bonchev–Trinajstić information content (AvgIpc) is 3.01. The average molecular weight is 406 g/mol. The molecule has 0 saturated carbocycles. The number of benzene rings is 2. The van der Waals surface area contributed by atoms with Crippen molar-refractivity contribution in [3.05, 3.63) is 86.7 Å². The molecule has 0 unspecified atom stereocenters. The van der Waals surface area contributed by atoms with Crippen molar-refractivity contribution in [2.24, 2.45) is 5.10 Å². The number of nitrogens with one attached hydrogen (secondary N) is 1. The Morgan fingerprint density at radius 2 is 1.90 bits per heavy atom. The number of methoxy groups -OCH3 is 1. The lowest BCUT2D eigenvalue weighted by Gasteiger charge is -2.12. The van der Waals surface area contributed by atoms with E-state index in [2.05, 4.69) is 28.1 Å². The van der Waals surface area contributed by atoms with Gasteiger partial charge < -0.3 is 9.30 Å². The molecule has 0 radical (unpaired) electrons. The molecule has 1 N–H and O–H groups in total. The molecule has 0 aliphatic carbocycles. The summed E-state index contributed by atoms with van der Waals surface area (Å²) in [6.45, 7) is 6.03. The van der Waals surface area contributed by atoms with E-state index in [1.165, 1.54) is 19.2 Å². The third-order valence-electron chi connectivity index (χ3n) is 4.83. The van der Waals surface area contributed by atoms with Crippen LogP contribution in [-0.4, -0.2) is 28.7 Å². The maximum atomic E-state index is 12.5. The van der Waals surface area contributed by atoms with E-state index in [9.17, 15) is 14.9 Å². The van der Waals surface area contributed by atoms with Crippen molar-refractivity contribution in [3.63, 3.8) is 0 Å². The predicted octanol–water partition coefficient (Wildman–Crippen LogP) is 4.08. The summed E-state index contributed by atoms with van der Waals surface area (Å²) in [5, 5.41) is 15.0. The highest BCUT2D eigenvalue weighted by Gasteiger charge is 2.17. The fourth-order valence-corrected chi connectivity index (χ4v) is 3.31. The van der Waals surface area contributed by atoms with Gasteiger partial charge >= 0.3 is 0 Å². The molecule has 0 atom stereocenters. The Morgan fingerprint density at radius 1 is 1.17 bits per heavy atom. The molecule has 0 aliphatic rings. The molecule has 0 bridgehead atoms. The molecule has 8 nitrogen and oxygen atoms in total. The Hall–Kier alpha value is -3.94. The first-order valence-corrected chi connectivity index (χ1v) is 9.24. The van der Waals surface area contributed by atoms with Gasteiger partial charge in [0.05, 0.1) is 23.8 Å². The molecule has 1 amide bonds. The number of carbonyl (C=O) groups is 1. The van der Waals surface area contributed by atoms with Crippen LogP contribution >= 0.6 is 0 Å². The van der Waals surface area contributed by atoms with Crippen LogP contribution in [0.15, 0.2) is 53.6 Å². The van der Waals surface area contributed by atoms with Crippen LogP contribution in [-0.2, 0) is 0 Å². The largest absolute Gasteiger partial charge is 0.496 e. The number of rotatable bonds is 6. The number of amides is 1. The van der Waals surface area contributed by atoms with Crippen molar-refractivity contribution in [2.75, 3.05) is 7.11 Å². The molecule has 154 valence electrons. The van der Waals surface area contributed by atoms with Gasteiger partial charge in [0.25, 0.3) is 11.6 Å². The Labute approximate surface area is 173 Å². The summed E-state index contributed by atoms with van der Waals surface area (Å²) in [5.41, 5.74) is 7.34. The highest BCUT2D eigenvalue weighted by atomic mass is 16.6. The van der Waals surface area contributed by atoms with Crippen molar-refractivity contribution >= 4 is 17.8 Å². The highest BCUT2D eigenvalue weighted by Crippen LogP contribution is 2.24. The minimum atomic E-state index is -0.598. The van der Waals surface area contributed by atoms with Gasteiger partial charge in [-0.1, -0.05) is 18.2 Å². The first kappa shape index (κ1) is 20.8. The standard InChI is InChI=1S/C22H22N4O4/c1-14-7-5-6-8-20(14)25-15(2)11-17(16(25)3)13-23-24-22(27)19-12-18(26(28)29)9-10-21(19)30-4/h5-13H,1-4H3,(H,24,27)/b23-13-. The van der Waals surface area contributed by atoms with Gasteiger partial charge in [-0.3, -0.25) is 14.9 Å². The van der Waals surface area contributed by atoms with Crippen molar-refractivity contribution in [1.82, 2.24) is 9.99 Å². The second-order valence-electron chi connectivity index (χ2n) is 6.79. The molecule has 3 aromatic rings. The third kappa shape index (κ3) is 4.07. The normalized spacial score (nSPS) is 10.9. The first-order valence-electron chi connectivity index (χ1n) is 9.24. The quantitative estimate of drug-likeness (QED) is 0.379. The van der Waals surface area contributed by atoms with Gasteiger partial charge in [0.15, 0.2) is 0 Å². The van der Waals surface area contributed by atoms with Crippen molar-refractivity contribution < 1.29 is 14.5 Å². The van der Waals surface area contributed by atoms with Crippen LogP contribution in [0.25, 0.3) is 5.69 Å². The van der Waals surface area contributed by atoms with Crippen molar-refractivity contribution in [2.45, 2.75) is 20.8 Å². The van der Waals surface area contributed by atoms with Gasteiger partial charge in [-0.2, -0.15) is 5.10 Å². The highest BCUT2D eigenvalue weighted by molar-refractivity contribution is 5.98. The summed E-state index contributed by atoms with van der Waals surface area (Å²) in [6, 6.07) is 13.9. The first-order chi connectivity index (χ1) is 14.3. The summed E-state index contributed by atoms with van der Waals surface area (Å²) < 4.78 is 7.25. The number of nitro benzene ring substituents is 1. The molecule has 1 aromatic heterocycles. The van der Waals surface area contributed by atoms with Crippen LogP contribution in [0.4, 0.5) is 5.69 Å². The molecule has 2 aromatic carbocycles. The number of nitro groups is 1. The van der Waals surface area contributed by atoms with Crippen LogP contribution in [0.3, 0.4) is 0 Å². The molecular weight excluding hydrogens is 384 g/mol. The van der Waals surface area contributed by atoms with E-state index in [1.54, 1.807) is 6.21 Å². The van der Waals surface area contributed by atoms with Crippen LogP contribution in [0, 0.1) is 30.9 Å². The van der Waals surface area contributed by atoms with E-state index >= 15 is 0 Å². The lowest BCUT2D eigenvalue weighted by molar-refractivity contribution is -0.384. The number of ether oxygens (including phenoxy) is 1. The van der Waals surface area contributed by atoms with E-state index in [-0.39, 0.29) is 17.0 Å². The number of hydrogen-bond acceptors (Lipinski definition) is 5. The maximum Gasteiger partial charge on any atom is 0.275 e. The predicted molar refractivity (Wildman–Crippen MR) is 115 cm³/mol. The number of nitrogens with zero attached hydrogens (tertiary/aromatic N) is 3. The third-order valence-corrected chi connectivity index (χ3v) is 4.83. The van der Waals surface area contributed by atoms with Gasteiger partial charge in [0, 0.05) is 34.8 Å². The van der Waals surface area contributed by atoms with E-state index in [0.29, 0.717) is 0 Å². The molecular formula is C22H22N4O4. The van der Waals surface area contributed by atoms with E-state index < -0.39 is 10.8 Å². The number of hydrogen-bond donors (Lipinski definition) is 1. The minimum Gasteiger partial charge on any atom is -0.496 e. The smallest absolute Gasteiger partial charge is 0.275 e. The Morgan fingerprint density at radius 3 is 2.57 bits per heavy atom. The van der Waals surface area contributed by atoms with Crippen molar-refractivity contribution in [1.29, 1.82) is 0 Å². The molecule has 1 heterocycles. The lowest BCUT2D eigenvalue weighted by atomic mass is 10.1. The second-order valence-corrected chi connectivity index (χ2v) is 6.79. The molecule has 0 spiro atoms. The van der Waals surface area contributed by atoms with E-state index in [0.717, 1.165) is 34.3 Å². The summed E-state index contributed by atoms with van der Waals surface area (Å²) in [5.74, 6) is -0.370. The zero-order chi connectivity index (χ0) is 21.8. The Balaban J connectivity index is 1.84. The molecule has 3 rings (SSSR count). The summed E-state index contributed by atoms with van der Waals surface area (Å²) >= 11 is 0. The molecule has 0 fully saturated rings. The molecule has 0 saturated heterocycles. The van der Waals surface area contributed by atoms with Gasteiger partial charge in [-0.05, 0) is 44.5 Å². The Kier molecular flexibility index (Phi) is 5.96. The fourth-order valence-electron chi connectivity index (χ4n) is 3.31. The molecule has 8 heteroatoms. The minimum absolute atomic E-state index is 0.0363. The number of para-hydroxylation sites is 1. The van der Waals surface area contributed by atoms with Crippen molar-refractivity contribution in [3.8, 4) is 11.4 Å². The monoisotopic (exact) mass is 406 g/mol. The second kappa shape index (κ2) is 8.60. The number of aryl methyl sites for hydroxylation is 2. The Bertz CT molecular complexity index is 1150. The maximum absolute atomic E-state index is 12.5. The van der Waals surface area contributed by atoms with Crippen LogP contribution < -0.4 is 10.2 Å². The molecule has 0 aliphatic heterocycles. The van der Waals surface area contributed by atoms with E-state index in [1.807, 2.05) is 38.1 Å². The fraction of sp³-hybridized carbons (Fsp3) is 0.182. The van der Waals surface area contributed by atoms with Gasteiger partial charge in [0.1, 0.15) is 5.75 Å². The number of non-ortho nitro benzene ring substituents is 1. The number of carbonyl (C=O) groups excluding carboxylic acids is 1. The number of aromatic nitrogens is 1. The van der Waals surface area contributed by atoms with E-state index in [4.69, 9.17) is 4.74 Å². The van der Waals surface area contributed by atoms with Crippen LogP contribution in [0.1, 0.15) is 32.9 Å². The summed E-state index contributed by atoms with van der Waals surface area (Å²) in [6.07, 6.45) is 1.55. The SMILES string of the molecule is COc1ccc([N+](=O)[O-])cc1C(=O)N/N=C\c1cc(C)n(-c2ccccc2C)c1C. The molecule has 30 heavy (non-hydrogen) atoms. The topological polar surface area (TPSA) is 98.8 Å². The van der Waals surface area contributed by atoms with Crippen LogP contribution in [0.2, 0.25) is 0 Å². The zero-order valence-corrected chi connectivity index (χ0v) is 17.2. The van der Waals surface area contributed by atoms with Gasteiger partial charge in [-0.25, -0.2) is 5.43 Å². The number of hydrazone groups is 1. The zero-order valence-electron chi connectivity index (χ0n) is 17.2. The lowest BCUT2D eigenvalue weighted by Crippen LogP contribution is -2.18. The van der Waals surface area contributed by atoms with Gasteiger partial charge in [0.2, 0.25) is 0 Å². The van der Waals surface area contributed by atoms with Gasteiger partial charge in [-0.15, -0.1) is 0 Å².